The van der Waals surface area contributed by atoms with Crippen LogP contribution in [0.2, 0.25) is 0 Å². The molecule has 6 nitrogen and oxygen atoms in total. The van der Waals surface area contributed by atoms with E-state index < -0.39 is 5.54 Å². The van der Waals surface area contributed by atoms with E-state index >= 15 is 0 Å². The van der Waals surface area contributed by atoms with Gasteiger partial charge in [-0.2, -0.15) is 0 Å². The van der Waals surface area contributed by atoms with Crippen LogP contribution < -0.4 is 11.1 Å². The molecular formula is C14H14N6. The summed E-state index contributed by atoms with van der Waals surface area (Å²) in [4.78, 5) is 16.6. The van der Waals surface area contributed by atoms with Crippen molar-refractivity contribution in [2.45, 2.75) is 5.54 Å². The molecule has 0 fully saturated rings. The zero-order chi connectivity index (χ0) is 13.8. The van der Waals surface area contributed by atoms with Crippen molar-refractivity contribution in [3.8, 4) is 0 Å². The molecule has 1 aliphatic rings. The van der Waals surface area contributed by atoms with E-state index in [-0.39, 0.29) is 0 Å². The molecule has 0 saturated carbocycles. The topological polar surface area (TPSA) is 89.6 Å². The summed E-state index contributed by atoms with van der Waals surface area (Å²) in [7, 11) is 0. The highest BCUT2D eigenvalue weighted by Crippen LogP contribution is 2.35. The van der Waals surface area contributed by atoms with E-state index in [2.05, 4.69) is 25.3 Å². The lowest BCUT2D eigenvalue weighted by Crippen LogP contribution is -2.48. The first-order chi connectivity index (χ1) is 9.87. The van der Waals surface area contributed by atoms with Gasteiger partial charge in [0.05, 0.1) is 11.4 Å². The number of rotatable bonds is 3. The number of hydrogen-bond acceptors (Lipinski definition) is 6. The Morgan fingerprint density at radius 1 is 1.10 bits per heavy atom. The molecule has 3 rings (SSSR count). The summed E-state index contributed by atoms with van der Waals surface area (Å²) in [6.45, 7) is 0.351. The van der Waals surface area contributed by atoms with E-state index in [1.807, 2.05) is 30.5 Å². The van der Waals surface area contributed by atoms with Crippen LogP contribution in [0.15, 0.2) is 55.5 Å². The molecule has 100 valence electrons. The van der Waals surface area contributed by atoms with Gasteiger partial charge in [0.25, 0.3) is 0 Å². The first-order valence-electron chi connectivity index (χ1n) is 6.25. The smallest absolute Gasteiger partial charge is 0.119 e. The zero-order valence-electron chi connectivity index (χ0n) is 10.8. The molecule has 6 heteroatoms. The molecule has 20 heavy (non-hydrogen) atoms. The van der Waals surface area contributed by atoms with Gasteiger partial charge in [0.15, 0.2) is 0 Å². The predicted octanol–water partition coefficient (Wildman–Crippen LogP) is 0.621. The Balaban J connectivity index is 2.15. The fourth-order valence-corrected chi connectivity index (χ4v) is 2.34. The molecule has 1 atom stereocenters. The van der Waals surface area contributed by atoms with Crippen LogP contribution in [0.1, 0.15) is 11.4 Å². The Morgan fingerprint density at radius 2 is 1.90 bits per heavy atom. The highest BCUT2D eigenvalue weighted by atomic mass is 15.0. The standard InChI is InChI=1S/C14H14N6/c15-8-14(13-4-7-17-10-19-13)11(2-1-5-20-14)12-3-6-16-9-18-12/h1-7,9-10,20H,8,15H2. The van der Waals surface area contributed by atoms with E-state index in [9.17, 15) is 0 Å². The fourth-order valence-electron chi connectivity index (χ4n) is 2.34. The number of dihydropyridines is 1. The first kappa shape index (κ1) is 12.4. The molecule has 0 saturated heterocycles. The van der Waals surface area contributed by atoms with Crippen LogP contribution in [-0.2, 0) is 5.54 Å². The van der Waals surface area contributed by atoms with Crippen LogP contribution in [-0.4, -0.2) is 26.5 Å². The second-order valence-corrected chi connectivity index (χ2v) is 4.38. The van der Waals surface area contributed by atoms with Gasteiger partial charge >= 0.3 is 0 Å². The summed E-state index contributed by atoms with van der Waals surface area (Å²) in [6.07, 6.45) is 12.2. The van der Waals surface area contributed by atoms with Gasteiger partial charge in [-0.15, -0.1) is 0 Å². The Kier molecular flexibility index (Phi) is 3.22. The summed E-state index contributed by atoms with van der Waals surface area (Å²) < 4.78 is 0. The average molecular weight is 266 g/mol. The van der Waals surface area contributed by atoms with Crippen LogP contribution in [0, 0.1) is 0 Å². The molecule has 0 amide bonds. The van der Waals surface area contributed by atoms with Crippen LogP contribution in [0.5, 0.6) is 0 Å². The van der Waals surface area contributed by atoms with Crippen LogP contribution >= 0.6 is 0 Å². The Hall–Kier alpha value is -2.60. The minimum absolute atomic E-state index is 0.351. The maximum absolute atomic E-state index is 6.06. The van der Waals surface area contributed by atoms with Crippen molar-refractivity contribution in [1.82, 2.24) is 25.3 Å². The Morgan fingerprint density at radius 3 is 2.55 bits per heavy atom. The molecule has 1 unspecified atom stereocenters. The van der Waals surface area contributed by atoms with Crippen molar-refractivity contribution in [3.63, 3.8) is 0 Å². The normalized spacial score (nSPS) is 21.1. The van der Waals surface area contributed by atoms with Crippen molar-refractivity contribution >= 4 is 5.57 Å². The molecule has 3 heterocycles. The summed E-state index contributed by atoms with van der Waals surface area (Å²) in [5.74, 6) is 0. The zero-order valence-corrected chi connectivity index (χ0v) is 10.8. The predicted molar refractivity (Wildman–Crippen MR) is 75.0 cm³/mol. The summed E-state index contributed by atoms with van der Waals surface area (Å²) in [5.41, 5.74) is 8.04. The Labute approximate surface area is 116 Å². The van der Waals surface area contributed by atoms with E-state index in [4.69, 9.17) is 5.73 Å². The van der Waals surface area contributed by atoms with Crippen molar-refractivity contribution in [3.05, 3.63) is 66.9 Å². The molecule has 3 N–H and O–H groups in total. The molecule has 2 aromatic rings. The minimum atomic E-state index is -0.605. The molecule has 0 radical (unpaired) electrons. The van der Waals surface area contributed by atoms with Crippen molar-refractivity contribution in [1.29, 1.82) is 0 Å². The van der Waals surface area contributed by atoms with Gasteiger partial charge in [0, 0.05) is 24.5 Å². The van der Waals surface area contributed by atoms with Gasteiger partial charge in [-0.25, -0.2) is 19.9 Å². The lowest BCUT2D eigenvalue weighted by atomic mass is 9.82. The number of allylic oxidation sites excluding steroid dienone is 2. The minimum Gasteiger partial charge on any atom is -0.375 e. The quantitative estimate of drug-likeness (QED) is 0.846. The molecular weight excluding hydrogens is 252 g/mol. The summed E-state index contributed by atoms with van der Waals surface area (Å²) >= 11 is 0. The maximum atomic E-state index is 6.06. The molecule has 0 aliphatic carbocycles. The summed E-state index contributed by atoms with van der Waals surface area (Å²) in [5, 5.41) is 3.32. The van der Waals surface area contributed by atoms with Crippen LogP contribution in [0.4, 0.5) is 0 Å². The number of nitrogens with zero attached hydrogens (tertiary/aromatic N) is 4. The third-order valence-corrected chi connectivity index (χ3v) is 3.33. The average Bonchev–Trinajstić information content (AvgIpc) is 2.56. The summed E-state index contributed by atoms with van der Waals surface area (Å²) in [6, 6.07) is 3.71. The lowest BCUT2D eigenvalue weighted by Gasteiger charge is -2.36. The number of nitrogens with two attached hydrogens (primary N) is 1. The van der Waals surface area contributed by atoms with E-state index in [0.717, 1.165) is 17.0 Å². The van der Waals surface area contributed by atoms with Gasteiger partial charge in [-0.05, 0) is 24.4 Å². The van der Waals surface area contributed by atoms with Crippen molar-refractivity contribution in [2.24, 2.45) is 5.73 Å². The van der Waals surface area contributed by atoms with Gasteiger partial charge < -0.3 is 11.1 Å². The van der Waals surface area contributed by atoms with E-state index in [0.29, 0.717) is 6.54 Å². The largest absolute Gasteiger partial charge is 0.375 e. The maximum Gasteiger partial charge on any atom is 0.119 e. The Bertz CT molecular complexity index is 637. The van der Waals surface area contributed by atoms with Crippen molar-refractivity contribution < 1.29 is 0 Å². The molecule has 2 aromatic heterocycles. The van der Waals surface area contributed by atoms with Gasteiger partial charge in [0.2, 0.25) is 0 Å². The fraction of sp³-hybridized carbons (Fsp3) is 0.143. The van der Waals surface area contributed by atoms with Crippen LogP contribution in [0.25, 0.3) is 5.57 Å². The number of nitrogens with one attached hydrogen (secondary N) is 1. The molecule has 1 aliphatic heterocycles. The molecule has 0 spiro atoms. The first-order valence-corrected chi connectivity index (χ1v) is 6.25. The molecule has 0 bridgehead atoms. The highest BCUT2D eigenvalue weighted by Gasteiger charge is 2.37. The third kappa shape index (κ3) is 1.96. The monoisotopic (exact) mass is 266 g/mol. The highest BCUT2D eigenvalue weighted by molar-refractivity contribution is 5.75. The molecule has 0 aromatic carbocycles. The number of hydrogen-bond donors (Lipinski definition) is 2. The van der Waals surface area contributed by atoms with E-state index in [1.165, 1.54) is 12.7 Å². The lowest BCUT2D eigenvalue weighted by molar-refractivity contribution is 0.485. The number of aromatic nitrogens is 4. The van der Waals surface area contributed by atoms with E-state index in [1.54, 1.807) is 12.4 Å². The second-order valence-electron chi connectivity index (χ2n) is 4.38. The van der Waals surface area contributed by atoms with Gasteiger partial charge in [-0.3, -0.25) is 0 Å². The van der Waals surface area contributed by atoms with Gasteiger partial charge in [-0.1, -0.05) is 6.08 Å². The van der Waals surface area contributed by atoms with Gasteiger partial charge in [0.1, 0.15) is 18.2 Å². The SMILES string of the molecule is NCC1(c2ccncn2)NC=CC=C1c1ccncn1. The third-order valence-electron chi connectivity index (χ3n) is 3.33. The second kappa shape index (κ2) is 5.18. The van der Waals surface area contributed by atoms with Crippen LogP contribution in [0.3, 0.4) is 0 Å². The van der Waals surface area contributed by atoms with Crippen molar-refractivity contribution in [2.75, 3.05) is 6.54 Å².